The molecule has 6 heteroatoms. The Hall–Kier alpha value is -0.240. The first-order chi connectivity index (χ1) is 44.3. The molecule has 0 saturated carbocycles. The van der Waals surface area contributed by atoms with E-state index in [-0.39, 0.29) is 12.1 Å². The molecule has 0 saturated heterocycles. The van der Waals surface area contributed by atoms with Gasteiger partial charge in [0, 0.05) is 29.2 Å². The molecule has 6 nitrogen and oxygen atoms in total. The van der Waals surface area contributed by atoms with Crippen LogP contribution in [0.2, 0.25) is 0 Å². The van der Waals surface area contributed by atoms with Crippen LogP contribution in [0.25, 0.3) is 0 Å². The largest absolute Gasteiger partial charge is 0.330 e. The molecular weight excluding hydrogens is 1090 g/mol. The fourth-order valence-electron chi connectivity index (χ4n) is 15.3. The van der Waals surface area contributed by atoms with Crippen LogP contribution in [0.1, 0.15) is 496 Å². The standard InChI is InChI=1S/C84H176N6/c1-5-9-13-17-21-25-29-33-37-41-45-49-53-57-61-65-73-81(90-79-70-64-60-56-52-48-44-40-36-32-28-24-20-16-12-8-4)80(86)72-71-74-82(87)84(89,77-68-69-78-85)83(88,75-66-62-58-54-50-46-42-38-34-30-26-22-18-14-10-6-2)76-67-63-59-55-51-47-43-39-35-31-27-23-19-15-11-7-3/h80-82,90H,5-79,85-89H2,1-4H3. The van der Waals surface area contributed by atoms with E-state index in [1.54, 1.807) is 0 Å². The van der Waals surface area contributed by atoms with Gasteiger partial charge in [0.05, 0.1) is 0 Å². The molecule has 0 aromatic carbocycles. The third-order valence-corrected chi connectivity index (χ3v) is 22.0. The van der Waals surface area contributed by atoms with Crippen molar-refractivity contribution in [3.05, 3.63) is 0 Å². The highest BCUT2D eigenvalue weighted by atomic mass is 15.0. The minimum absolute atomic E-state index is 0.136. The summed E-state index contributed by atoms with van der Waals surface area (Å²) >= 11 is 0. The van der Waals surface area contributed by atoms with E-state index in [0.29, 0.717) is 12.6 Å². The van der Waals surface area contributed by atoms with Gasteiger partial charge in [-0.2, -0.15) is 0 Å². The molecule has 0 aromatic heterocycles. The average Bonchev–Trinajstić information content (AvgIpc) is 0.848. The SMILES string of the molecule is CCCCCCCCCCCCCCCCCCNC(CCCCCCCCCCCCCCCCCC)C(N)CCCC(N)C(N)(CCCCN)C(N)(CCCCCCCCCCCCCCCCCC)CCCCCCCCCCCCCCCCCC. The number of nitrogens with two attached hydrogens (primary N) is 5. The highest BCUT2D eigenvalue weighted by Gasteiger charge is 2.48. The monoisotopic (exact) mass is 1270 g/mol. The Labute approximate surface area is 569 Å². The second-order valence-corrected chi connectivity index (χ2v) is 30.7. The normalized spacial score (nSPS) is 13.8. The molecule has 4 atom stereocenters. The van der Waals surface area contributed by atoms with E-state index < -0.39 is 11.1 Å². The number of unbranched alkanes of at least 4 members (excludes halogenated alkanes) is 61. The molecule has 0 amide bonds. The summed E-state index contributed by atoms with van der Waals surface area (Å²) in [5.74, 6) is 0. The van der Waals surface area contributed by atoms with Crippen LogP contribution in [-0.2, 0) is 0 Å². The quantitative estimate of drug-likeness (QED) is 0.0335. The van der Waals surface area contributed by atoms with Gasteiger partial charge >= 0.3 is 0 Å². The fourth-order valence-corrected chi connectivity index (χ4v) is 15.3. The maximum atomic E-state index is 7.90. The van der Waals surface area contributed by atoms with Crippen LogP contribution >= 0.6 is 0 Å². The molecule has 4 unspecified atom stereocenters. The topological polar surface area (TPSA) is 142 Å². The summed E-state index contributed by atoms with van der Waals surface area (Å²) in [6.45, 7) is 11.1. The Balaban J connectivity index is 5.53. The maximum absolute atomic E-state index is 7.90. The van der Waals surface area contributed by atoms with Gasteiger partial charge in [-0.15, -0.1) is 0 Å². The summed E-state index contributed by atoms with van der Waals surface area (Å²) in [6, 6.07) is 0.359. The lowest BCUT2D eigenvalue weighted by molar-refractivity contribution is 0.129. The van der Waals surface area contributed by atoms with Gasteiger partial charge < -0.3 is 34.0 Å². The zero-order valence-electron chi connectivity index (χ0n) is 63.2. The van der Waals surface area contributed by atoms with Gasteiger partial charge in [0.1, 0.15) is 0 Å². The molecule has 542 valence electrons. The number of hydrogen-bond donors (Lipinski definition) is 6. The minimum atomic E-state index is -0.615. The summed E-state index contributed by atoms with van der Waals surface area (Å²) < 4.78 is 0. The lowest BCUT2D eigenvalue weighted by Crippen LogP contribution is -2.73. The molecule has 0 heterocycles. The van der Waals surface area contributed by atoms with Crippen molar-refractivity contribution in [2.45, 2.75) is 526 Å². The van der Waals surface area contributed by atoms with E-state index in [1.807, 2.05) is 0 Å². The molecule has 0 rings (SSSR count). The molecule has 0 aliphatic heterocycles. The zero-order chi connectivity index (χ0) is 65.5. The van der Waals surface area contributed by atoms with E-state index >= 15 is 0 Å². The highest BCUT2D eigenvalue weighted by Crippen LogP contribution is 2.37. The van der Waals surface area contributed by atoms with Gasteiger partial charge in [-0.1, -0.05) is 445 Å². The molecule has 0 bridgehead atoms. The molecule has 0 radical (unpaired) electrons. The van der Waals surface area contributed by atoms with Gasteiger partial charge in [-0.25, -0.2) is 0 Å². The summed E-state index contributed by atoms with van der Waals surface area (Å²) in [5.41, 5.74) is 35.7. The second kappa shape index (κ2) is 73.0. The Morgan fingerprint density at radius 2 is 0.478 bits per heavy atom. The Kier molecular flexibility index (Phi) is 72.8. The van der Waals surface area contributed by atoms with E-state index in [9.17, 15) is 0 Å². The highest BCUT2D eigenvalue weighted by molar-refractivity contribution is 5.12. The number of nitrogens with one attached hydrogen (secondary N) is 1. The van der Waals surface area contributed by atoms with Gasteiger partial charge in [-0.05, 0) is 64.5 Å². The smallest absolute Gasteiger partial charge is 0.0490 e. The van der Waals surface area contributed by atoms with Gasteiger partial charge in [0.25, 0.3) is 0 Å². The third kappa shape index (κ3) is 59.1. The van der Waals surface area contributed by atoms with Crippen LogP contribution in [0.3, 0.4) is 0 Å². The lowest BCUT2D eigenvalue weighted by Gasteiger charge is -2.50. The minimum Gasteiger partial charge on any atom is -0.330 e. The van der Waals surface area contributed by atoms with E-state index in [0.717, 1.165) is 70.8 Å². The van der Waals surface area contributed by atoms with Crippen LogP contribution in [-0.4, -0.2) is 42.3 Å². The van der Waals surface area contributed by atoms with Crippen LogP contribution in [0, 0.1) is 0 Å². The predicted octanol–water partition coefficient (Wildman–Crippen LogP) is 26.5. The molecular formula is C84H176N6. The van der Waals surface area contributed by atoms with E-state index in [2.05, 4.69) is 33.0 Å². The number of hydrogen-bond acceptors (Lipinski definition) is 6. The van der Waals surface area contributed by atoms with Crippen molar-refractivity contribution in [3.8, 4) is 0 Å². The Morgan fingerprint density at radius 1 is 0.244 bits per heavy atom. The first kappa shape index (κ1) is 89.8. The van der Waals surface area contributed by atoms with Crippen molar-refractivity contribution >= 4 is 0 Å². The summed E-state index contributed by atoms with van der Waals surface area (Å²) in [5, 5.41) is 4.06. The Bertz CT molecular complexity index is 1270. The lowest BCUT2D eigenvalue weighted by atomic mass is 9.64. The maximum Gasteiger partial charge on any atom is 0.0490 e. The molecule has 0 aromatic rings. The van der Waals surface area contributed by atoms with Crippen LogP contribution in [0.5, 0.6) is 0 Å². The average molecular weight is 1270 g/mol. The van der Waals surface area contributed by atoms with Crippen molar-refractivity contribution in [2.24, 2.45) is 28.7 Å². The molecule has 0 aliphatic carbocycles. The van der Waals surface area contributed by atoms with E-state index in [4.69, 9.17) is 28.7 Å². The molecule has 0 fully saturated rings. The van der Waals surface area contributed by atoms with Crippen molar-refractivity contribution in [3.63, 3.8) is 0 Å². The summed E-state index contributed by atoms with van der Waals surface area (Å²) in [7, 11) is 0. The van der Waals surface area contributed by atoms with Gasteiger partial charge in [0.15, 0.2) is 0 Å². The van der Waals surface area contributed by atoms with Crippen LogP contribution < -0.4 is 34.0 Å². The summed E-state index contributed by atoms with van der Waals surface area (Å²) in [6.07, 6.45) is 98.3. The summed E-state index contributed by atoms with van der Waals surface area (Å²) in [4.78, 5) is 0. The first-order valence-electron chi connectivity index (χ1n) is 42.8. The first-order valence-corrected chi connectivity index (χ1v) is 42.8. The molecule has 90 heavy (non-hydrogen) atoms. The van der Waals surface area contributed by atoms with Crippen molar-refractivity contribution in [1.29, 1.82) is 0 Å². The van der Waals surface area contributed by atoms with Crippen LogP contribution in [0.4, 0.5) is 0 Å². The third-order valence-electron chi connectivity index (χ3n) is 22.0. The molecule has 0 spiro atoms. The van der Waals surface area contributed by atoms with Crippen molar-refractivity contribution in [1.82, 2.24) is 5.32 Å². The second-order valence-electron chi connectivity index (χ2n) is 30.7. The Morgan fingerprint density at radius 3 is 0.744 bits per heavy atom. The fraction of sp³-hybridized carbons (Fsp3) is 1.00. The van der Waals surface area contributed by atoms with Crippen LogP contribution in [0.15, 0.2) is 0 Å². The van der Waals surface area contributed by atoms with Gasteiger partial charge in [-0.3, -0.25) is 0 Å². The molecule has 11 N–H and O–H groups in total. The predicted molar refractivity (Wildman–Crippen MR) is 410 cm³/mol. The number of rotatable bonds is 80. The van der Waals surface area contributed by atoms with Crippen molar-refractivity contribution in [2.75, 3.05) is 13.1 Å². The zero-order valence-corrected chi connectivity index (χ0v) is 63.2. The van der Waals surface area contributed by atoms with Gasteiger partial charge in [0.2, 0.25) is 0 Å². The van der Waals surface area contributed by atoms with Crippen molar-refractivity contribution < 1.29 is 0 Å². The molecule has 0 aliphatic rings. The van der Waals surface area contributed by atoms with E-state index in [1.165, 1.54) is 405 Å².